The summed E-state index contributed by atoms with van der Waals surface area (Å²) in [5.74, 6) is 0.608. The lowest BCUT2D eigenvalue weighted by Gasteiger charge is -2.14. The highest BCUT2D eigenvalue weighted by molar-refractivity contribution is 6.30. The maximum atomic E-state index is 12.5. The summed E-state index contributed by atoms with van der Waals surface area (Å²) in [6.45, 7) is 13.4. The zero-order valence-corrected chi connectivity index (χ0v) is 23.4. The van der Waals surface area contributed by atoms with Crippen molar-refractivity contribution in [3.05, 3.63) is 70.9 Å². The SMILES string of the molecule is C=O.CCNC.CNC=O.Cc1cccc(-n2nc(C(C)(C)C)cc2NC(=O)Nc2ccc(Cl)cc2)c1. The van der Waals surface area contributed by atoms with Crippen molar-refractivity contribution in [1.29, 1.82) is 0 Å². The fourth-order valence-electron chi connectivity index (χ4n) is 2.61. The van der Waals surface area contributed by atoms with Crippen LogP contribution in [0.2, 0.25) is 5.02 Å². The first kappa shape index (κ1) is 33.3. The predicted molar refractivity (Wildman–Crippen MR) is 153 cm³/mol. The Bertz CT molecular complexity index is 1080. The van der Waals surface area contributed by atoms with Crippen LogP contribution in [-0.2, 0) is 15.0 Å². The number of halogens is 1. The van der Waals surface area contributed by atoms with Crippen molar-refractivity contribution in [2.45, 2.75) is 40.0 Å². The van der Waals surface area contributed by atoms with Crippen molar-refractivity contribution in [3.63, 3.8) is 0 Å². The van der Waals surface area contributed by atoms with Gasteiger partial charge in [-0.05, 0) is 62.5 Å². The topological polar surface area (TPSA) is 117 Å². The largest absolute Gasteiger partial charge is 0.362 e. The highest BCUT2D eigenvalue weighted by atomic mass is 35.5. The number of rotatable bonds is 5. The van der Waals surface area contributed by atoms with E-state index in [2.05, 4.69) is 49.0 Å². The first-order chi connectivity index (χ1) is 17.5. The number of carbonyl (C=O) groups excluding carboxylic acids is 3. The second-order valence-electron chi connectivity index (χ2n) is 8.62. The Morgan fingerprint density at radius 2 is 1.62 bits per heavy atom. The highest BCUT2D eigenvalue weighted by Crippen LogP contribution is 2.26. The molecule has 9 nitrogen and oxygen atoms in total. The third kappa shape index (κ3) is 12.7. The lowest BCUT2D eigenvalue weighted by atomic mass is 9.92. The van der Waals surface area contributed by atoms with Crippen LogP contribution in [0.25, 0.3) is 5.69 Å². The van der Waals surface area contributed by atoms with E-state index < -0.39 is 0 Å². The molecule has 1 aromatic heterocycles. The van der Waals surface area contributed by atoms with Crippen molar-refractivity contribution in [2.24, 2.45) is 0 Å². The lowest BCUT2D eigenvalue weighted by Crippen LogP contribution is -2.21. The molecule has 0 spiro atoms. The second-order valence-corrected chi connectivity index (χ2v) is 9.05. The van der Waals surface area contributed by atoms with Crippen LogP contribution in [0.5, 0.6) is 0 Å². The van der Waals surface area contributed by atoms with E-state index in [9.17, 15) is 4.79 Å². The molecule has 0 aliphatic rings. The highest BCUT2D eigenvalue weighted by Gasteiger charge is 2.21. The van der Waals surface area contributed by atoms with Crippen LogP contribution in [-0.4, -0.2) is 49.7 Å². The first-order valence-corrected chi connectivity index (χ1v) is 12.0. The zero-order chi connectivity index (χ0) is 28.4. The number of aromatic nitrogens is 2. The molecule has 0 unspecified atom stereocenters. The van der Waals surface area contributed by atoms with Crippen LogP contribution in [0.3, 0.4) is 0 Å². The number of nitrogens with one attached hydrogen (secondary N) is 4. The molecule has 37 heavy (non-hydrogen) atoms. The molecule has 1 heterocycles. The van der Waals surface area contributed by atoms with Crippen LogP contribution in [0, 0.1) is 6.92 Å². The van der Waals surface area contributed by atoms with Gasteiger partial charge in [0, 0.05) is 29.2 Å². The van der Waals surface area contributed by atoms with Crippen molar-refractivity contribution < 1.29 is 14.4 Å². The maximum Gasteiger partial charge on any atom is 0.324 e. The number of carbonyl (C=O) groups is 3. The summed E-state index contributed by atoms with van der Waals surface area (Å²) < 4.78 is 1.76. The number of urea groups is 1. The van der Waals surface area contributed by atoms with E-state index in [0.29, 0.717) is 22.9 Å². The molecule has 0 fully saturated rings. The van der Waals surface area contributed by atoms with Crippen LogP contribution < -0.4 is 21.3 Å². The second kappa shape index (κ2) is 17.7. The van der Waals surface area contributed by atoms with Crippen LogP contribution in [0.15, 0.2) is 54.6 Å². The van der Waals surface area contributed by atoms with E-state index in [4.69, 9.17) is 26.3 Å². The van der Waals surface area contributed by atoms with E-state index in [1.54, 1.807) is 36.0 Å². The van der Waals surface area contributed by atoms with Gasteiger partial charge in [0.25, 0.3) is 0 Å². The minimum Gasteiger partial charge on any atom is -0.362 e. The van der Waals surface area contributed by atoms with Gasteiger partial charge in [0.05, 0.1) is 11.4 Å². The van der Waals surface area contributed by atoms with Gasteiger partial charge in [-0.3, -0.25) is 10.1 Å². The maximum absolute atomic E-state index is 12.5. The first-order valence-electron chi connectivity index (χ1n) is 11.6. The summed E-state index contributed by atoms with van der Waals surface area (Å²) in [5, 5.41) is 16.2. The van der Waals surface area contributed by atoms with Gasteiger partial charge >= 0.3 is 6.03 Å². The molecule has 2 aromatic carbocycles. The monoisotopic (exact) mass is 530 g/mol. The molecular formula is C27H39ClN6O3. The van der Waals surface area contributed by atoms with E-state index in [1.165, 1.54) is 0 Å². The van der Waals surface area contributed by atoms with Gasteiger partial charge in [-0.15, -0.1) is 0 Å². The Morgan fingerprint density at radius 3 is 2.08 bits per heavy atom. The molecule has 202 valence electrons. The zero-order valence-electron chi connectivity index (χ0n) is 22.7. The van der Waals surface area contributed by atoms with Crippen molar-refractivity contribution in [3.8, 4) is 5.69 Å². The smallest absolute Gasteiger partial charge is 0.324 e. The molecule has 0 radical (unpaired) electrons. The molecule has 3 rings (SSSR count). The Balaban J connectivity index is 0.00000112. The minimum absolute atomic E-state index is 0.141. The summed E-state index contributed by atoms with van der Waals surface area (Å²) >= 11 is 5.88. The van der Waals surface area contributed by atoms with Gasteiger partial charge in [-0.1, -0.05) is 51.4 Å². The molecule has 4 N–H and O–H groups in total. The molecule has 0 atom stereocenters. The minimum atomic E-state index is -0.341. The third-order valence-corrected chi connectivity index (χ3v) is 4.79. The van der Waals surface area contributed by atoms with E-state index in [1.807, 2.05) is 51.1 Å². The Hall–Kier alpha value is -3.69. The Kier molecular flexibility index (Phi) is 15.9. The molecule has 3 amide bonds. The summed E-state index contributed by atoms with van der Waals surface area (Å²) in [6, 6.07) is 16.5. The van der Waals surface area contributed by atoms with E-state index >= 15 is 0 Å². The van der Waals surface area contributed by atoms with Crippen LogP contribution in [0.4, 0.5) is 16.3 Å². The number of hydrogen-bond donors (Lipinski definition) is 4. The number of benzene rings is 2. The number of hydrogen-bond acceptors (Lipinski definition) is 5. The van der Waals surface area contributed by atoms with Gasteiger partial charge in [0.15, 0.2) is 0 Å². The molecule has 0 saturated heterocycles. The average Bonchev–Trinajstić information content (AvgIpc) is 3.31. The van der Waals surface area contributed by atoms with Gasteiger partial charge in [0.2, 0.25) is 6.41 Å². The fourth-order valence-corrected chi connectivity index (χ4v) is 2.73. The molecule has 3 aromatic rings. The third-order valence-electron chi connectivity index (χ3n) is 4.54. The average molecular weight is 531 g/mol. The van der Waals surface area contributed by atoms with Gasteiger partial charge < -0.3 is 20.7 Å². The summed E-state index contributed by atoms with van der Waals surface area (Å²) in [6.07, 6.45) is 0.625. The van der Waals surface area contributed by atoms with Crippen molar-refractivity contribution in [2.75, 3.05) is 31.3 Å². The van der Waals surface area contributed by atoms with Crippen LogP contribution >= 0.6 is 11.6 Å². The Labute approximate surface area is 225 Å². The number of anilines is 2. The fraction of sp³-hybridized carbons (Fsp3) is 0.333. The molecule has 0 saturated carbocycles. The lowest BCUT2D eigenvalue weighted by molar-refractivity contribution is -0.109. The Morgan fingerprint density at radius 1 is 1.05 bits per heavy atom. The van der Waals surface area contributed by atoms with E-state index in [-0.39, 0.29) is 11.4 Å². The summed E-state index contributed by atoms with van der Waals surface area (Å²) in [4.78, 5) is 29.5. The number of nitrogens with zero attached hydrogens (tertiary/aromatic N) is 2. The predicted octanol–water partition coefficient (Wildman–Crippen LogP) is 5.18. The van der Waals surface area contributed by atoms with E-state index in [0.717, 1.165) is 23.5 Å². The van der Waals surface area contributed by atoms with Crippen LogP contribution in [0.1, 0.15) is 39.0 Å². The molecule has 0 bridgehead atoms. The quantitative estimate of drug-likeness (QED) is 0.339. The van der Waals surface area contributed by atoms with Gasteiger partial charge in [-0.25, -0.2) is 9.48 Å². The standard InChI is InChI=1S/C21H23ClN4O.C3H9N.C2H5NO.CH2O/c1-14-6-5-7-17(12-14)26-19(13-18(25-26)21(2,3)4)24-20(27)23-16-10-8-15(22)9-11-16;1-3-4-2;1-3-2-4;1-2/h5-13H,1-4H3,(H2,23,24,27);4H,3H2,1-2H3;2H,1H3,(H,3,4);1H2. The van der Waals surface area contributed by atoms with Crippen molar-refractivity contribution >= 4 is 42.3 Å². The normalized spacial score (nSPS) is 9.73. The number of aryl methyl sites for hydroxylation is 1. The summed E-state index contributed by atoms with van der Waals surface area (Å²) in [5.41, 5.74) is 3.43. The molecular weight excluding hydrogens is 492 g/mol. The molecule has 0 aliphatic carbocycles. The van der Waals surface area contributed by atoms with Gasteiger partial charge in [0.1, 0.15) is 12.6 Å². The van der Waals surface area contributed by atoms with Crippen molar-refractivity contribution in [1.82, 2.24) is 20.4 Å². The van der Waals surface area contributed by atoms with Gasteiger partial charge in [-0.2, -0.15) is 5.10 Å². The summed E-state index contributed by atoms with van der Waals surface area (Å²) in [7, 11) is 3.49. The molecule has 10 heteroatoms. The molecule has 0 aliphatic heterocycles. The number of amides is 3.